The van der Waals surface area contributed by atoms with E-state index >= 15 is 0 Å². The molecule has 0 radical (unpaired) electrons. The van der Waals surface area contributed by atoms with Crippen LogP contribution in [0.4, 0.5) is 14.5 Å². The number of hydrogen-bond acceptors (Lipinski definition) is 3. The van der Waals surface area contributed by atoms with Gasteiger partial charge in [-0.15, -0.1) is 0 Å². The fourth-order valence-electron chi connectivity index (χ4n) is 2.75. The second-order valence-corrected chi connectivity index (χ2v) is 5.99. The van der Waals surface area contributed by atoms with Crippen LogP contribution in [-0.4, -0.2) is 19.8 Å². The first-order valence-electron chi connectivity index (χ1n) is 6.79. The molecule has 1 aromatic rings. The van der Waals surface area contributed by atoms with Gasteiger partial charge >= 0.3 is 6.61 Å². The van der Waals surface area contributed by atoms with E-state index in [0.29, 0.717) is 17.2 Å². The summed E-state index contributed by atoms with van der Waals surface area (Å²) in [6.45, 7) is 1.63. The Morgan fingerprint density at radius 1 is 1.30 bits per heavy atom. The number of benzene rings is 1. The summed E-state index contributed by atoms with van der Waals surface area (Å²) in [6, 6.07) is 5.40. The predicted octanol–water partition coefficient (Wildman–Crippen LogP) is 4.29. The van der Waals surface area contributed by atoms with Crippen molar-refractivity contribution in [3.8, 4) is 11.5 Å². The fourth-order valence-corrected chi connectivity index (χ4v) is 2.75. The molecule has 1 aromatic carbocycles. The van der Waals surface area contributed by atoms with E-state index in [2.05, 4.69) is 23.9 Å². The van der Waals surface area contributed by atoms with Crippen molar-refractivity contribution >= 4 is 5.69 Å². The van der Waals surface area contributed by atoms with Gasteiger partial charge in [0, 0.05) is 17.8 Å². The zero-order chi connectivity index (χ0) is 14.8. The highest BCUT2D eigenvalue weighted by atomic mass is 19.3. The molecule has 20 heavy (non-hydrogen) atoms. The van der Waals surface area contributed by atoms with Crippen molar-refractivity contribution in [1.82, 2.24) is 0 Å². The molecule has 1 unspecified atom stereocenters. The Morgan fingerprint density at radius 3 is 2.60 bits per heavy atom. The number of rotatable bonds is 5. The quantitative estimate of drug-likeness (QED) is 0.875. The van der Waals surface area contributed by atoms with E-state index in [1.165, 1.54) is 13.5 Å². The lowest BCUT2D eigenvalue weighted by Crippen LogP contribution is -2.17. The average molecular weight is 285 g/mol. The lowest BCUT2D eigenvalue weighted by atomic mass is 9.92. The molecule has 1 saturated carbocycles. The molecule has 0 aliphatic heterocycles. The summed E-state index contributed by atoms with van der Waals surface area (Å²) in [4.78, 5) is 0. The minimum Gasteiger partial charge on any atom is -0.493 e. The smallest absolute Gasteiger partial charge is 0.387 e. The van der Waals surface area contributed by atoms with Crippen LogP contribution in [0.2, 0.25) is 0 Å². The molecule has 0 aromatic heterocycles. The molecule has 112 valence electrons. The molecule has 1 aliphatic carbocycles. The lowest BCUT2D eigenvalue weighted by molar-refractivity contribution is -0.0511. The van der Waals surface area contributed by atoms with Crippen LogP contribution in [-0.2, 0) is 0 Å². The van der Waals surface area contributed by atoms with Crippen LogP contribution in [0.1, 0.15) is 33.1 Å². The third-order valence-electron chi connectivity index (χ3n) is 3.72. The zero-order valence-corrected chi connectivity index (χ0v) is 12.1. The van der Waals surface area contributed by atoms with E-state index in [4.69, 9.17) is 4.74 Å². The molecule has 1 aliphatic rings. The first kappa shape index (κ1) is 14.9. The van der Waals surface area contributed by atoms with Gasteiger partial charge in [0.15, 0.2) is 11.5 Å². The molecule has 0 amide bonds. The van der Waals surface area contributed by atoms with Gasteiger partial charge in [-0.1, -0.05) is 13.8 Å². The number of hydrogen-bond donors (Lipinski definition) is 1. The minimum atomic E-state index is -2.86. The molecule has 0 saturated heterocycles. The van der Waals surface area contributed by atoms with Crippen LogP contribution in [0.5, 0.6) is 11.5 Å². The Labute approximate surface area is 118 Å². The summed E-state index contributed by atoms with van der Waals surface area (Å²) in [5, 5.41) is 3.38. The minimum absolute atomic E-state index is 0.0600. The maximum atomic E-state index is 12.4. The van der Waals surface area contributed by atoms with Crippen LogP contribution in [0, 0.1) is 5.41 Å². The summed E-state index contributed by atoms with van der Waals surface area (Å²) >= 11 is 0. The normalized spacial score (nSPS) is 21.0. The van der Waals surface area contributed by atoms with Gasteiger partial charge in [-0.25, -0.2) is 0 Å². The lowest BCUT2D eigenvalue weighted by Gasteiger charge is -2.19. The SMILES string of the molecule is COc1ccc(NC2CCC(C)(C)C2)cc1OC(F)F. The molecule has 3 nitrogen and oxygen atoms in total. The molecular weight excluding hydrogens is 264 g/mol. The zero-order valence-electron chi connectivity index (χ0n) is 12.1. The molecule has 0 heterocycles. The molecule has 1 N–H and O–H groups in total. The molecule has 0 bridgehead atoms. The van der Waals surface area contributed by atoms with Crippen molar-refractivity contribution in [3.05, 3.63) is 18.2 Å². The van der Waals surface area contributed by atoms with Gasteiger partial charge in [0.25, 0.3) is 0 Å². The second kappa shape index (κ2) is 5.85. The van der Waals surface area contributed by atoms with E-state index < -0.39 is 6.61 Å². The molecule has 1 fully saturated rings. The second-order valence-electron chi connectivity index (χ2n) is 5.99. The van der Waals surface area contributed by atoms with Gasteiger partial charge in [0.1, 0.15) is 0 Å². The maximum absolute atomic E-state index is 12.4. The van der Waals surface area contributed by atoms with Crippen LogP contribution >= 0.6 is 0 Å². The van der Waals surface area contributed by atoms with Gasteiger partial charge in [0.2, 0.25) is 0 Å². The molecule has 0 spiro atoms. The van der Waals surface area contributed by atoms with E-state index in [9.17, 15) is 8.78 Å². The fraction of sp³-hybridized carbons (Fsp3) is 0.600. The van der Waals surface area contributed by atoms with Crippen molar-refractivity contribution in [2.75, 3.05) is 12.4 Å². The first-order chi connectivity index (χ1) is 9.39. The number of methoxy groups -OCH3 is 1. The van der Waals surface area contributed by atoms with Gasteiger partial charge < -0.3 is 14.8 Å². The maximum Gasteiger partial charge on any atom is 0.387 e. The predicted molar refractivity (Wildman–Crippen MR) is 74.7 cm³/mol. The van der Waals surface area contributed by atoms with E-state index in [0.717, 1.165) is 18.5 Å². The highest BCUT2D eigenvalue weighted by Gasteiger charge is 2.30. The van der Waals surface area contributed by atoms with Crippen LogP contribution in [0.15, 0.2) is 18.2 Å². The van der Waals surface area contributed by atoms with E-state index in [-0.39, 0.29) is 5.75 Å². The van der Waals surface area contributed by atoms with E-state index in [1.807, 2.05) is 6.07 Å². The summed E-state index contributed by atoms with van der Waals surface area (Å²) in [5.41, 5.74) is 1.12. The van der Waals surface area contributed by atoms with Crippen molar-refractivity contribution in [2.45, 2.75) is 45.8 Å². The third kappa shape index (κ3) is 3.74. The number of ether oxygens (including phenoxy) is 2. The molecule has 1 atom stereocenters. The standard InChI is InChI=1S/C15H21F2NO2/c1-15(2)7-6-11(9-15)18-10-4-5-12(19-3)13(8-10)20-14(16)17/h4-5,8,11,14,18H,6-7,9H2,1-3H3. The third-order valence-corrected chi connectivity index (χ3v) is 3.72. The Balaban J connectivity index is 2.09. The Kier molecular flexibility index (Phi) is 4.35. The van der Waals surface area contributed by atoms with Crippen molar-refractivity contribution in [1.29, 1.82) is 0 Å². The van der Waals surface area contributed by atoms with Crippen LogP contribution < -0.4 is 14.8 Å². The highest BCUT2D eigenvalue weighted by molar-refractivity contribution is 5.55. The molecule has 5 heteroatoms. The Bertz CT molecular complexity index is 463. The summed E-state index contributed by atoms with van der Waals surface area (Å²) in [7, 11) is 1.43. The van der Waals surface area contributed by atoms with Crippen molar-refractivity contribution in [3.63, 3.8) is 0 Å². The summed E-state index contributed by atoms with van der Waals surface area (Å²) < 4.78 is 34.3. The summed E-state index contributed by atoms with van der Waals surface area (Å²) in [5.74, 6) is 0.368. The molecule has 2 rings (SSSR count). The van der Waals surface area contributed by atoms with Gasteiger partial charge in [-0.2, -0.15) is 8.78 Å². The Morgan fingerprint density at radius 2 is 2.05 bits per heavy atom. The van der Waals surface area contributed by atoms with Gasteiger partial charge in [0.05, 0.1) is 7.11 Å². The van der Waals surface area contributed by atoms with Gasteiger partial charge in [-0.05, 0) is 36.8 Å². The number of alkyl halides is 2. The number of anilines is 1. The highest BCUT2D eigenvalue weighted by Crippen LogP contribution is 2.39. The number of halogens is 2. The van der Waals surface area contributed by atoms with Crippen LogP contribution in [0.3, 0.4) is 0 Å². The Hall–Kier alpha value is -1.52. The average Bonchev–Trinajstić information content (AvgIpc) is 2.68. The molecular formula is C15H21F2NO2. The summed E-state index contributed by atoms with van der Waals surface area (Å²) in [6.07, 6.45) is 3.33. The van der Waals surface area contributed by atoms with Crippen LogP contribution in [0.25, 0.3) is 0 Å². The van der Waals surface area contributed by atoms with E-state index in [1.54, 1.807) is 12.1 Å². The first-order valence-corrected chi connectivity index (χ1v) is 6.79. The van der Waals surface area contributed by atoms with Crippen molar-refractivity contribution in [2.24, 2.45) is 5.41 Å². The number of nitrogens with one attached hydrogen (secondary N) is 1. The van der Waals surface area contributed by atoms with Crippen molar-refractivity contribution < 1.29 is 18.3 Å². The van der Waals surface area contributed by atoms with Gasteiger partial charge in [-0.3, -0.25) is 0 Å². The topological polar surface area (TPSA) is 30.5 Å². The monoisotopic (exact) mass is 285 g/mol. The largest absolute Gasteiger partial charge is 0.493 e.